The third kappa shape index (κ3) is 1.70. The zero-order chi connectivity index (χ0) is 12.2. The van der Waals surface area contributed by atoms with Gasteiger partial charge in [0.25, 0.3) is 0 Å². The van der Waals surface area contributed by atoms with E-state index in [1.807, 2.05) is 19.1 Å². The highest BCUT2D eigenvalue weighted by Crippen LogP contribution is 2.37. The van der Waals surface area contributed by atoms with Crippen LogP contribution in [0.15, 0.2) is 28.7 Å². The van der Waals surface area contributed by atoms with Crippen molar-refractivity contribution in [2.75, 3.05) is 0 Å². The summed E-state index contributed by atoms with van der Waals surface area (Å²) in [6.45, 7) is 1.96. The van der Waals surface area contributed by atoms with Gasteiger partial charge in [0.2, 0.25) is 0 Å². The lowest BCUT2D eigenvalue weighted by Crippen LogP contribution is -1.74. The van der Waals surface area contributed by atoms with Crippen LogP contribution in [0.3, 0.4) is 0 Å². The van der Waals surface area contributed by atoms with Gasteiger partial charge in [-0.25, -0.2) is 0 Å². The first-order valence-corrected chi connectivity index (χ1v) is 6.17. The van der Waals surface area contributed by atoms with Gasteiger partial charge in [0, 0.05) is 21.9 Å². The molecule has 0 aliphatic heterocycles. The molecule has 1 aromatic heterocycles. The molecule has 0 bridgehead atoms. The number of hydrogen-bond acceptors (Lipinski definition) is 1. The van der Waals surface area contributed by atoms with E-state index < -0.39 is 0 Å². The van der Waals surface area contributed by atoms with Crippen LogP contribution >= 0.6 is 34.8 Å². The summed E-state index contributed by atoms with van der Waals surface area (Å²) in [6.07, 6.45) is 0. The molecule has 0 radical (unpaired) electrons. The van der Waals surface area contributed by atoms with Crippen molar-refractivity contribution in [2.24, 2.45) is 0 Å². The average molecular weight is 286 g/mol. The van der Waals surface area contributed by atoms with Crippen LogP contribution in [0.4, 0.5) is 0 Å². The quantitative estimate of drug-likeness (QED) is 0.504. The first-order chi connectivity index (χ1) is 8.06. The van der Waals surface area contributed by atoms with Crippen LogP contribution < -0.4 is 0 Å². The van der Waals surface area contributed by atoms with Gasteiger partial charge in [0.1, 0.15) is 11.2 Å². The molecule has 3 rings (SSSR count). The van der Waals surface area contributed by atoms with Crippen molar-refractivity contribution in [3.63, 3.8) is 0 Å². The van der Waals surface area contributed by atoms with Crippen molar-refractivity contribution >= 4 is 56.7 Å². The summed E-state index contributed by atoms with van der Waals surface area (Å²) in [5.41, 5.74) is 2.54. The fourth-order valence-corrected chi connectivity index (χ4v) is 2.59. The molecule has 0 N–H and O–H groups in total. The second kappa shape index (κ2) is 3.81. The Labute approximate surface area is 113 Å². The number of furan rings is 1. The number of aryl methyl sites for hydroxylation is 1. The van der Waals surface area contributed by atoms with Crippen molar-refractivity contribution in [3.8, 4) is 0 Å². The summed E-state index contributed by atoms with van der Waals surface area (Å²) in [4.78, 5) is 0. The number of benzene rings is 2. The molecule has 0 saturated heterocycles. The molecule has 0 fully saturated rings. The van der Waals surface area contributed by atoms with Gasteiger partial charge in [-0.1, -0.05) is 34.8 Å². The van der Waals surface area contributed by atoms with Crippen molar-refractivity contribution in [1.29, 1.82) is 0 Å². The van der Waals surface area contributed by atoms with Crippen LogP contribution in [-0.2, 0) is 0 Å². The summed E-state index contributed by atoms with van der Waals surface area (Å²) in [5, 5.41) is 3.58. The van der Waals surface area contributed by atoms with E-state index in [1.54, 1.807) is 12.1 Å². The topological polar surface area (TPSA) is 13.1 Å². The zero-order valence-corrected chi connectivity index (χ0v) is 11.1. The lowest BCUT2D eigenvalue weighted by molar-refractivity contribution is 0.666. The molecule has 0 aliphatic carbocycles. The third-order valence-corrected chi connectivity index (χ3v) is 3.70. The summed E-state index contributed by atoms with van der Waals surface area (Å²) < 4.78 is 5.77. The number of fused-ring (bicyclic) bond motifs is 3. The Balaban J connectivity index is 2.55. The third-order valence-electron chi connectivity index (χ3n) is 2.76. The summed E-state index contributed by atoms with van der Waals surface area (Å²) in [7, 11) is 0. The minimum Gasteiger partial charge on any atom is -0.456 e. The van der Waals surface area contributed by atoms with Gasteiger partial charge in [0.05, 0.1) is 10.0 Å². The van der Waals surface area contributed by atoms with E-state index in [9.17, 15) is 0 Å². The van der Waals surface area contributed by atoms with Crippen LogP contribution in [0.2, 0.25) is 15.1 Å². The van der Waals surface area contributed by atoms with E-state index in [1.165, 1.54) is 0 Å². The maximum atomic E-state index is 6.05. The van der Waals surface area contributed by atoms with Crippen molar-refractivity contribution in [1.82, 2.24) is 0 Å². The molecular formula is C13H7Cl3O. The lowest BCUT2D eigenvalue weighted by Gasteiger charge is -1.96. The molecule has 2 aromatic carbocycles. The number of halogens is 3. The minimum atomic E-state index is 0.488. The highest BCUT2D eigenvalue weighted by atomic mass is 35.5. The fourth-order valence-electron chi connectivity index (χ4n) is 2.00. The predicted molar refractivity (Wildman–Crippen MR) is 73.5 cm³/mol. The van der Waals surface area contributed by atoms with E-state index >= 15 is 0 Å². The van der Waals surface area contributed by atoms with Crippen LogP contribution in [0.1, 0.15) is 5.56 Å². The molecule has 0 aliphatic rings. The van der Waals surface area contributed by atoms with Gasteiger partial charge >= 0.3 is 0 Å². The summed E-state index contributed by atoms with van der Waals surface area (Å²) in [5.74, 6) is 0. The molecule has 0 amide bonds. The number of rotatable bonds is 0. The maximum absolute atomic E-state index is 6.05. The van der Waals surface area contributed by atoms with Crippen molar-refractivity contribution in [3.05, 3.63) is 44.9 Å². The molecular weight excluding hydrogens is 279 g/mol. The minimum absolute atomic E-state index is 0.488. The Morgan fingerprint density at radius 1 is 0.882 bits per heavy atom. The number of hydrogen-bond donors (Lipinski definition) is 0. The van der Waals surface area contributed by atoms with Gasteiger partial charge < -0.3 is 4.42 Å². The monoisotopic (exact) mass is 284 g/mol. The highest BCUT2D eigenvalue weighted by Gasteiger charge is 2.12. The first kappa shape index (κ1) is 11.2. The molecule has 1 heterocycles. The first-order valence-electron chi connectivity index (χ1n) is 5.03. The lowest BCUT2D eigenvalue weighted by atomic mass is 10.1. The Morgan fingerprint density at radius 3 is 2.35 bits per heavy atom. The van der Waals surface area contributed by atoms with E-state index in [2.05, 4.69) is 0 Å². The van der Waals surface area contributed by atoms with Crippen molar-refractivity contribution < 1.29 is 4.42 Å². The SMILES string of the molecule is Cc1cc(Cl)cc2c1oc1cc(Cl)c(Cl)cc12. The zero-order valence-electron chi connectivity index (χ0n) is 8.85. The Kier molecular flexibility index (Phi) is 2.51. The molecule has 0 unspecified atom stereocenters. The van der Waals surface area contributed by atoms with E-state index in [-0.39, 0.29) is 0 Å². The van der Waals surface area contributed by atoms with Crippen LogP contribution in [0, 0.1) is 6.92 Å². The normalized spacial score (nSPS) is 11.5. The maximum Gasteiger partial charge on any atom is 0.138 e. The second-order valence-corrected chi connectivity index (χ2v) is 5.21. The molecule has 86 valence electrons. The largest absolute Gasteiger partial charge is 0.456 e. The molecule has 4 heteroatoms. The molecule has 1 nitrogen and oxygen atoms in total. The molecule has 0 spiro atoms. The van der Waals surface area contributed by atoms with Gasteiger partial charge in [0.15, 0.2) is 0 Å². The summed E-state index contributed by atoms with van der Waals surface area (Å²) in [6, 6.07) is 7.28. The Hall–Kier alpha value is -0.890. The average Bonchev–Trinajstić information content (AvgIpc) is 2.58. The second-order valence-electron chi connectivity index (χ2n) is 3.96. The molecule has 17 heavy (non-hydrogen) atoms. The van der Waals surface area contributed by atoms with E-state index in [4.69, 9.17) is 39.2 Å². The highest BCUT2D eigenvalue weighted by molar-refractivity contribution is 6.43. The van der Waals surface area contributed by atoms with Crippen LogP contribution in [0.25, 0.3) is 21.9 Å². The van der Waals surface area contributed by atoms with Gasteiger partial charge in [-0.15, -0.1) is 0 Å². The molecule has 0 saturated carbocycles. The summed E-state index contributed by atoms with van der Waals surface area (Å²) >= 11 is 18.0. The molecule has 3 aromatic rings. The van der Waals surface area contributed by atoms with Gasteiger partial charge in [-0.2, -0.15) is 0 Å². The fraction of sp³-hybridized carbons (Fsp3) is 0.0769. The Morgan fingerprint density at radius 2 is 1.59 bits per heavy atom. The van der Waals surface area contributed by atoms with Crippen molar-refractivity contribution in [2.45, 2.75) is 6.92 Å². The van der Waals surface area contributed by atoms with Gasteiger partial charge in [-0.05, 0) is 30.7 Å². The smallest absolute Gasteiger partial charge is 0.138 e. The standard InChI is InChI=1S/C13H7Cl3O/c1-6-2-7(14)3-9-8-4-10(15)11(16)5-12(8)17-13(6)9/h2-5H,1H3. The van der Waals surface area contributed by atoms with Crippen LogP contribution in [-0.4, -0.2) is 0 Å². The predicted octanol–water partition coefficient (Wildman–Crippen LogP) is 5.85. The van der Waals surface area contributed by atoms with Gasteiger partial charge in [-0.3, -0.25) is 0 Å². The van der Waals surface area contributed by atoms with Crippen LogP contribution in [0.5, 0.6) is 0 Å². The van der Waals surface area contributed by atoms with E-state index in [0.717, 1.165) is 27.5 Å². The molecule has 0 atom stereocenters. The van der Waals surface area contributed by atoms with E-state index in [0.29, 0.717) is 15.1 Å². The Bertz CT molecular complexity index is 743.